The van der Waals surface area contributed by atoms with Gasteiger partial charge in [-0.1, -0.05) is 63.7 Å². The van der Waals surface area contributed by atoms with Gasteiger partial charge in [-0.15, -0.1) is 0 Å². The van der Waals surface area contributed by atoms with Gasteiger partial charge in [0.25, 0.3) is 0 Å². The Bertz CT molecular complexity index is 992. The van der Waals surface area contributed by atoms with Crippen LogP contribution in [-0.2, 0) is 6.42 Å². The molecule has 4 rings (SSSR count). The van der Waals surface area contributed by atoms with Crippen LogP contribution in [0.5, 0.6) is 5.75 Å². The van der Waals surface area contributed by atoms with Gasteiger partial charge in [-0.25, -0.2) is 0 Å². The van der Waals surface area contributed by atoms with E-state index in [0.717, 1.165) is 37.4 Å². The second kappa shape index (κ2) is 13.4. The van der Waals surface area contributed by atoms with Gasteiger partial charge in [-0.05, 0) is 115 Å². The van der Waals surface area contributed by atoms with Gasteiger partial charge in [-0.2, -0.15) is 33.7 Å². The lowest BCUT2D eigenvalue weighted by molar-refractivity contribution is -0.284. The zero-order valence-corrected chi connectivity index (χ0v) is 24.8. The van der Waals surface area contributed by atoms with Crippen molar-refractivity contribution in [2.24, 2.45) is 23.2 Å². The van der Waals surface area contributed by atoms with E-state index < -0.39 is 18.5 Å². The molecule has 40 heavy (non-hydrogen) atoms. The molecule has 1 aromatic rings. The van der Waals surface area contributed by atoms with Crippen LogP contribution in [0.25, 0.3) is 0 Å². The highest BCUT2D eigenvalue weighted by Gasteiger charge is 2.56. The zero-order chi connectivity index (χ0) is 29.0. The summed E-state index contributed by atoms with van der Waals surface area (Å²) in [6.45, 7) is 6.95. The molecule has 3 aliphatic rings. The Labute approximate surface area is 241 Å². The number of allylic oxidation sites excluding steroid dienone is 1. The number of rotatable bonds is 14. The number of alkyl halides is 5. The standard InChI is InChI=1S/C33H47F5OS/c1-23-12-15-29-30-24(21-25-22-26(39)13-14-27(25)28(30)16-18-31(23,29)2)11-8-6-4-3-5-7-9-19-40-20-10-17-32(34,35)33(36,37)38/h13-14,22,24,28-30,39H,1,3-12,15-21H2,2H3/t24-,28-,29+,30-,31-/m1/s1. The summed E-state index contributed by atoms with van der Waals surface area (Å²) in [5.74, 6) is -0.287. The molecule has 0 spiro atoms. The number of phenols is 1. The highest BCUT2D eigenvalue weighted by molar-refractivity contribution is 7.99. The summed E-state index contributed by atoms with van der Waals surface area (Å²) in [6.07, 6.45) is 8.68. The Kier molecular flexibility index (Phi) is 10.6. The molecule has 0 unspecified atom stereocenters. The Morgan fingerprint density at radius 3 is 2.35 bits per heavy atom. The van der Waals surface area contributed by atoms with Gasteiger partial charge in [0.05, 0.1) is 0 Å². The second-order valence-electron chi connectivity index (χ2n) is 12.9. The molecule has 0 radical (unpaired) electrons. The summed E-state index contributed by atoms with van der Waals surface area (Å²) in [6, 6.07) is 6.07. The quantitative estimate of drug-likeness (QED) is 0.133. The van der Waals surface area contributed by atoms with E-state index in [1.54, 1.807) is 0 Å². The van der Waals surface area contributed by atoms with Gasteiger partial charge in [0.1, 0.15) is 5.75 Å². The molecule has 2 saturated carbocycles. The maximum Gasteiger partial charge on any atom is 0.453 e. The number of halogens is 5. The molecule has 5 atom stereocenters. The summed E-state index contributed by atoms with van der Waals surface area (Å²) in [4.78, 5) is 0. The Morgan fingerprint density at radius 2 is 1.62 bits per heavy atom. The van der Waals surface area contributed by atoms with Crippen LogP contribution in [0.2, 0.25) is 0 Å². The van der Waals surface area contributed by atoms with Gasteiger partial charge < -0.3 is 5.11 Å². The molecule has 3 aliphatic carbocycles. The smallest absolute Gasteiger partial charge is 0.453 e. The monoisotopic (exact) mass is 586 g/mol. The molecule has 0 amide bonds. The van der Waals surface area contributed by atoms with Crippen molar-refractivity contribution in [1.82, 2.24) is 0 Å². The number of unbranched alkanes of at least 4 members (excludes halogenated alkanes) is 6. The number of phenolic OH excluding ortho intramolecular Hbond substituents is 1. The van der Waals surface area contributed by atoms with Gasteiger partial charge in [0, 0.05) is 6.42 Å². The molecule has 0 saturated heterocycles. The Morgan fingerprint density at radius 1 is 0.950 bits per heavy atom. The van der Waals surface area contributed by atoms with E-state index in [0.29, 0.717) is 34.7 Å². The number of thioether (sulfide) groups is 1. The van der Waals surface area contributed by atoms with E-state index >= 15 is 0 Å². The lowest BCUT2D eigenvalue weighted by Crippen LogP contribution is -2.44. The topological polar surface area (TPSA) is 20.2 Å². The Hall–Kier alpha value is -1.24. The minimum atomic E-state index is -5.44. The lowest BCUT2D eigenvalue weighted by Gasteiger charge is -2.52. The third-order valence-electron chi connectivity index (χ3n) is 10.4. The third-order valence-corrected chi connectivity index (χ3v) is 11.6. The van der Waals surface area contributed by atoms with Crippen molar-refractivity contribution in [2.75, 3.05) is 11.5 Å². The van der Waals surface area contributed by atoms with E-state index in [1.165, 1.54) is 86.2 Å². The highest BCUT2D eigenvalue weighted by atomic mass is 32.2. The van der Waals surface area contributed by atoms with Crippen LogP contribution in [0.4, 0.5) is 22.0 Å². The fourth-order valence-electron chi connectivity index (χ4n) is 8.10. The van der Waals surface area contributed by atoms with Crippen LogP contribution >= 0.6 is 11.8 Å². The highest BCUT2D eigenvalue weighted by Crippen LogP contribution is 2.64. The summed E-state index contributed by atoms with van der Waals surface area (Å²) < 4.78 is 62.4. The van der Waals surface area contributed by atoms with E-state index in [-0.39, 0.29) is 6.42 Å². The van der Waals surface area contributed by atoms with Crippen LogP contribution < -0.4 is 0 Å². The van der Waals surface area contributed by atoms with Crippen LogP contribution in [0.3, 0.4) is 0 Å². The number of hydrogen-bond donors (Lipinski definition) is 1. The van der Waals surface area contributed by atoms with Crippen LogP contribution in [0.15, 0.2) is 30.4 Å². The molecule has 0 bridgehead atoms. The van der Waals surface area contributed by atoms with Crippen LogP contribution in [0, 0.1) is 23.2 Å². The maximum atomic E-state index is 12.9. The van der Waals surface area contributed by atoms with Gasteiger partial charge in [-0.3, -0.25) is 0 Å². The van der Waals surface area contributed by atoms with Crippen molar-refractivity contribution in [3.05, 3.63) is 41.5 Å². The van der Waals surface area contributed by atoms with Gasteiger partial charge >= 0.3 is 12.1 Å². The fourth-order valence-corrected chi connectivity index (χ4v) is 9.06. The van der Waals surface area contributed by atoms with Crippen molar-refractivity contribution < 1.29 is 27.1 Å². The summed E-state index contributed by atoms with van der Waals surface area (Å²) in [5, 5.41) is 10.2. The van der Waals surface area contributed by atoms with Crippen molar-refractivity contribution in [3.8, 4) is 5.75 Å². The first-order valence-corrected chi connectivity index (χ1v) is 16.6. The van der Waals surface area contributed by atoms with Crippen LogP contribution in [0.1, 0.15) is 114 Å². The number of fused-ring (bicyclic) bond motifs is 5. The fraction of sp³-hybridized carbons (Fsp3) is 0.758. The molecular weight excluding hydrogens is 539 g/mol. The molecule has 0 heterocycles. The molecular formula is C33H47F5OS. The minimum Gasteiger partial charge on any atom is -0.508 e. The lowest BCUT2D eigenvalue weighted by atomic mass is 9.52. The van der Waals surface area contributed by atoms with E-state index in [4.69, 9.17) is 0 Å². The second-order valence-corrected chi connectivity index (χ2v) is 14.1. The zero-order valence-electron chi connectivity index (χ0n) is 24.0. The van der Waals surface area contributed by atoms with Crippen LogP contribution in [-0.4, -0.2) is 28.7 Å². The molecule has 1 aromatic carbocycles. The SMILES string of the molecule is C=C1CC[C@H]2[C@@H]3[C@H](CCCCCCCCCSCCCC(F)(F)C(F)(F)F)Cc4cc(O)ccc4[C@H]3CC[C@]12C. The molecule has 2 fully saturated rings. The molecule has 0 aromatic heterocycles. The third kappa shape index (κ3) is 7.21. The van der Waals surface area contributed by atoms with E-state index in [1.807, 2.05) is 12.1 Å². The minimum absolute atomic E-state index is 0.110. The number of hydrogen-bond acceptors (Lipinski definition) is 2. The molecule has 1 N–H and O–H groups in total. The number of benzene rings is 1. The average Bonchev–Trinajstić information content (AvgIpc) is 3.19. The summed E-state index contributed by atoms with van der Waals surface area (Å²) in [7, 11) is 0. The molecule has 7 heteroatoms. The van der Waals surface area contributed by atoms with Crippen molar-refractivity contribution in [2.45, 2.75) is 121 Å². The normalized spacial score (nSPS) is 28.3. The molecule has 1 nitrogen and oxygen atoms in total. The van der Waals surface area contributed by atoms with E-state index in [9.17, 15) is 27.1 Å². The van der Waals surface area contributed by atoms with Crippen molar-refractivity contribution >= 4 is 11.8 Å². The summed E-state index contributed by atoms with van der Waals surface area (Å²) in [5.41, 5.74) is 4.60. The first-order chi connectivity index (χ1) is 18.9. The predicted octanol–water partition coefficient (Wildman–Crippen LogP) is 10.9. The number of aromatic hydroxyl groups is 1. The van der Waals surface area contributed by atoms with Crippen molar-refractivity contribution in [3.63, 3.8) is 0 Å². The Balaban J connectivity index is 1.14. The maximum absolute atomic E-state index is 12.9. The predicted molar refractivity (Wildman–Crippen MR) is 155 cm³/mol. The van der Waals surface area contributed by atoms with Gasteiger partial charge in [0.2, 0.25) is 0 Å². The van der Waals surface area contributed by atoms with E-state index in [2.05, 4.69) is 19.6 Å². The van der Waals surface area contributed by atoms with Gasteiger partial charge in [0.15, 0.2) is 0 Å². The molecule has 0 aliphatic heterocycles. The average molecular weight is 587 g/mol. The first-order valence-electron chi connectivity index (χ1n) is 15.5. The largest absolute Gasteiger partial charge is 0.508 e. The molecule has 226 valence electrons. The van der Waals surface area contributed by atoms with Crippen molar-refractivity contribution in [1.29, 1.82) is 0 Å². The summed E-state index contributed by atoms with van der Waals surface area (Å²) >= 11 is 1.48. The first kappa shape index (κ1) is 31.7.